The first-order valence-corrected chi connectivity index (χ1v) is 19.5. The van der Waals surface area contributed by atoms with Gasteiger partial charge in [-0.3, -0.25) is 4.55 Å². The lowest BCUT2D eigenvalue weighted by atomic mass is 10.1. The standard InChI is InChI=1S/C34H53N5O9S2/c1-6-38(30-11-12-31(28(5)25-30)36-37-33-29(27-35)26-32(49-33)34(40)48-9-4)13-16-44-18-20-46-22-23-47-21-19-45-17-15-39(7-2,8-3)14-10-24-50(41,42)43/h11-12,25-26H,6-10,13-24H2,1-5H3/p+1. The van der Waals surface area contributed by atoms with Crippen molar-refractivity contribution < 1.29 is 45.9 Å². The fourth-order valence-corrected chi connectivity index (χ4v) is 6.42. The van der Waals surface area contributed by atoms with Crippen LogP contribution in [0.1, 0.15) is 54.9 Å². The Balaban J connectivity index is 1.61. The maximum absolute atomic E-state index is 12.0. The van der Waals surface area contributed by atoms with Gasteiger partial charge in [0.25, 0.3) is 10.1 Å². The molecule has 1 N–H and O–H groups in total. The average molecular weight is 741 g/mol. The van der Waals surface area contributed by atoms with Crippen molar-refractivity contribution in [1.29, 1.82) is 5.26 Å². The predicted octanol–water partition coefficient (Wildman–Crippen LogP) is 5.55. The molecule has 0 unspecified atom stereocenters. The second-order valence-electron chi connectivity index (χ2n) is 11.4. The van der Waals surface area contributed by atoms with E-state index in [2.05, 4.69) is 42.0 Å². The maximum Gasteiger partial charge on any atom is 0.348 e. The second kappa shape index (κ2) is 23.5. The number of azo groups is 1. The zero-order chi connectivity index (χ0) is 36.8. The molecule has 0 saturated carbocycles. The van der Waals surface area contributed by atoms with Crippen molar-refractivity contribution in [3.63, 3.8) is 0 Å². The van der Waals surface area contributed by atoms with Crippen molar-refractivity contribution in [3.8, 4) is 6.07 Å². The molecule has 14 nitrogen and oxygen atoms in total. The smallest absolute Gasteiger partial charge is 0.348 e. The first-order chi connectivity index (χ1) is 24.0. The molecule has 0 amide bonds. The third-order valence-corrected chi connectivity index (χ3v) is 10.00. The van der Waals surface area contributed by atoms with Crippen molar-refractivity contribution in [2.75, 3.05) is 109 Å². The van der Waals surface area contributed by atoms with E-state index in [0.717, 1.165) is 53.2 Å². The molecule has 1 heterocycles. The number of hydrogen-bond donors (Lipinski definition) is 1. The third kappa shape index (κ3) is 15.9. The topological polar surface area (TPSA) is 169 Å². The number of thiophene rings is 1. The molecule has 16 heteroatoms. The van der Waals surface area contributed by atoms with E-state index < -0.39 is 16.1 Å². The van der Waals surface area contributed by atoms with E-state index >= 15 is 0 Å². The first-order valence-electron chi connectivity index (χ1n) is 17.1. The summed E-state index contributed by atoms with van der Waals surface area (Å²) in [5.74, 6) is -0.695. The maximum atomic E-state index is 12.0. The number of benzene rings is 1. The van der Waals surface area contributed by atoms with Crippen LogP contribution in [0.5, 0.6) is 0 Å². The number of carbonyl (C=O) groups excluding carboxylic acids is 1. The fraction of sp³-hybridized carbons (Fsp3) is 0.647. The quantitative estimate of drug-likeness (QED) is 0.0401. The van der Waals surface area contributed by atoms with Crippen molar-refractivity contribution in [2.24, 2.45) is 10.2 Å². The van der Waals surface area contributed by atoms with Crippen LogP contribution in [-0.4, -0.2) is 128 Å². The Morgan fingerprint density at radius 1 is 0.920 bits per heavy atom. The summed E-state index contributed by atoms with van der Waals surface area (Å²) in [6, 6.07) is 9.43. The van der Waals surface area contributed by atoms with Crippen LogP contribution in [0, 0.1) is 18.3 Å². The largest absolute Gasteiger partial charge is 0.462 e. The first kappa shape index (κ1) is 43.2. The zero-order valence-electron chi connectivity index (χ0n) is 30.1. The lowest BCUT2D eigenvalue weighted by molar-refractivity contribution is -0.925. The van der Waals surface area contributed by atoms with Gasteiger partial charge in [-0.25, -0.2) is 4.79 Å². The summed E-state index contributed by atoms with van der Waals surface area (Å²) < 4.78 is 59.5. The number of aryl methyl sites for hydroxylation is 1. The van der Waals surface area contributed by atoms with E-state index in [1.807, 2.05) is 25.1 Å². The minimum atomic E-state index is -3.93. The lowest BCUT2D eigenvalue weighted by Gasteiger charge is -2.36. The van der Waals surface area contributed by atoms with Crippen LogP contribution >= 0.6 is 11.3 Å². The highest BCUT2D eigenvalue weighted by molar-refractivity contribution is 7.85. The molecule has 2 aromatic rings. The number of nitrogens with zero attached hydrogens (tertiary/aromatic N) is 5. The molecule has 280 valence electrons. The van der Waals surface area contributed by atoms with E-state index in [9.17, 15) is 18.5 Å². The summed E-state index contributed by atoms with van der Waals surface area (Å²) in [6.45, 7) is 18.8. The molecule has 0 saturated heterocycles. The lowest BCUT2D eigenvalue weighted by Crippen LogP contribution is -2.50. The van der Waals surface area contributed by atoms with Crippen LogP contribution in [-0.2, 0) is 33.8 Å². The van der Waals surface area contributed by atoms with Gasteiger partial charge in [0.2, 0.25) is 0 Å². The predicted molar refractivity (Wildman–Crippen MR) is 194 cm³/mol. The molecule has 0 radical (unpaired) electrons. The fourth-order valence-electron chi connectivity index (χ4n) is 5.10. The molecule has 1 aromatic carbocycles. The molecule has 1 aromatic heterocycles. The van der Waals surface area contributed by atoms with Crippen LogP contribution in [0.15, 0.2) is 34.5 Å². The van der Waals surface area contributed by atoms with Gasteiger partial charge in [-0.15, -0.1) is 21.6 Å². The number of ether oxygens (including phenoxy) is 5. The molecule has 0 atom stereocenters. The Labute approximate surface area is 301 Å². The van der Waals surface area contributed by atoms with Crippen molar-refractivity contribution in [3.05, 3.63) is 40.3 Å². The summed E-state index contributed by atoms with van der Waals surface area (Å²) in [5, 5.41) is 18.4. The van der Waals surface area contributed by atoms with E-state index in [4.69, 9.17) is 28.2 Å². The third-order valence-electron chi connectivity index (χ3n) is 8.19. The Kier molecular flexibility index (Phi) is 20.2. The molecule has 50 heavy (non-hydrogen) atoms. The second-order valence-corrected chi connectivity index (χ2v) is 14.0. The number of carbonyl (C=O) groups is 1. The van der Waals surface area contributed by atoms with Gasteiger partial charge < -0.3 is 33.1 Å². The van der Waals surface area contributed by atoms with Crippen LogP contribution in [0.2, 0.25) is 0 Å². The Hall–Kier alpha value is -3.01. The minimum Gasteiger partial charge on any atom is -0.462 e. The highest BCUT2D eigenvalue weighted by atomic mass is 32.2. The number of nitriles is 1. The summed E-state index contributed by atoms with van der Waals surface area (Å²) in [4.78, 5) is 14.5. The molecule has 0 aliphatic heterocycles. The molecule has 0 aliphatic carbocycles. The van der Waals surface area contributed by atoms with Crippen molar-refractivity contribution >= 4 is 43.8 Å². The van der Waals surface area contributed by atoms with Gasteiger partial charge in [0.15, 0.2) is 5.00 Å². The van der Waals surface area contributed by atoms with E-state index in [1.54, 1.807) is 6.92 Å². The summed E-state index contributed by atoms with van der Waals surface area (Å²) >= 11 is 1.08. The summed E-state index contributed by atoms with van der Waals surface area (Å²) in [6.07, 6.45) is 0.420. The summed E-state index contributed by atoms with van der Waals surface area (Å²) in [7, 11) is -3.93. The van der Waals surface area contributed by atoms with Gasteiger partial charge in [-0.05, 0) is 64.4 Å². The van der Waals surface area contributed by atoms with E-state index in [0.29, 0.717) is 87.9 Å². The number of anilines is 1. The van der Waals surface area contributed by atoms with Crippen molar-refractivity contribution in [1.82, 2.24) is 0 Å². The zero-order valence-corrected chi connectivity index (χ0v) is 31.7. The monoisotopic (exact) mass is 740 g/mol. The molecule has 0 fully saturated rings. The SMILES string of the molecule is CCOC(=O)c1cc(C#N)c(N=Nc2ccc(N(CC)CCOCCOCCOCCOCC[N+](CC)(CC)CCCS(=O)(=O)O)cc2C)s1. The van der Waals surface area contributed by atoms with E-state index in [1.165, 1.54) is 6.07 Å². The molecule has 2 rings (SSSR count). The molecular weight excluding hydrogens is 687 g/mol. The number of likely N-dealkylation sites (N-methyl/N-ethyl adjacent to an activating group) is 2. The van der Waals surface area contributed by atoms with Gasteiger partial charge in [-0.1, -0.05) is 0 Å². The van der Waals surface area contributed by atoms with Gasteiger partial charge in [0.05, 0.1) is 96.1 Å². The molecule has 0 bridgehead atoms. The molecular formula is C34H54N5O9S2+. The number of rotatable bonds is 27. The van der Waals surface area contributed by atoms with Gasteiger partial charge in [0.1, 0.15) is 17.5 Å². The highest BCUT2D eigenvalue weighted by Crippen LogP contribution is 2.33. The molecule has 0 aliphatic rings. The minimum absolute atomic E-state index is 0.215. The van der Waals surface area contributed by atoms with E-state index in [-0.39, 0.29) is 17.9 Å². The van der Waals surface area contributed by atoms with Crippen LogP contribution in [0.25, 0.3) is 0 Å². The van der Waals surface area contributed by atoms with Gasteiger partial charge in [0, 0.05) is 25.2 Å². The van der Waals surface area contributed by atoms with Crippen LogP contribution < -0.4 is 4.90 Å². The summed E-state index contributed by atoms with van der Waals surface area (Å²) in [5.41, 5.74) is 2.91. The normalized spacial score (nSPS) is 12.0. The number of hydrogen-bond acceptors (Lipinski definition) is 13. The number of quaternary nitrogens is 1. The van der Waals surface area contributed by atoms with Crippen LogP contribution in [0.3, 0.4) is 0 Å². The Bertz CT molecular complexity index is 1470. The Morgan fingerprint density at radius 3 is 2.08 bits per heavy atom. The molecule has 0 spiro atoms. The highest BCUT2D eigenvalue weighted by Gasteiger charge is 2.23. The van der Waals surface area contributed by atoms with Crippen LogP contribution in [0.4, 0.5) is 16.4 Å². The van der Waals surface area contributed by atoms with Gasteiger partial charge >= 0.3 is 5.97 Å². The Morgan fingerprint density at radius 2 is 1.54 bits per heavy atom. The number of esters is 1. The average Bonchev–Trinajstić information content (AvgIpc) is 3.52. The van der Waals surface area contributed by atoms with Crippen molar-refractivity contribution in [2.45, 2.75) is 41.0 Å². The van der Waals surface area contributed by atoms with Gasteiger partial charge in [-0.2, -0.15) is 13.7 Å².